The van der Waals surface area contributed by atoms with Gasteiger partial charge >= 0.3 is 6.03 Å². The summed E-state index contributed by atoms with van der Waals surface area (Å²) in [6.07, 6.45) is 0.284. The predicted molar refractivity (Wildman–Crippen MR) is 86.9 cm³/mol. The van der Waals surface area contributed by atoms with Gasteiger partial charge in [0.15, 0.2) is 17.4 Å². The minimum atomic E-state index is -1.15. The molecule has 7 nitrogen and oxygen atoms in total. The maximum atomic E-state index is 13.6. The third kappa shape index (κ3) is 2.35. The van der Waals surface area contributed by atoms with Gasteiger partial charge in [0, 0.05) is 30.2 Å². The summed E-state index contributed by atoms with van der Waals surface area (Å²) in [6, 6.07) is 6.25. The highest BCUT2D eigenvalue weighted by Gasteiger charge is 2.50. The summed E-state index contributed by atoms with van der Waals surface area (Å²) in [5, 5.41) is 13.7. The Morgan fingerprint density at radius 2 is 2.04 bits per heavy atom. The zero-order chi connectivity index (χ0) is 18.6. The molecular weight excluding hydrogens is 348 g/mol. The van der Waals surface area contributed by atoms with E-state index in [1.165, 1.54) is 29.2 Å². The lowest BCUT2D eigenvalue weighted by atomic mass is 9.90. The van der Waals surface area contributed by atoms with Gasteiger partial charge in [-0.1, -0.05) is 0 Å². The fourth-order valence-corrected chi connectivity index (χ4v) is 3.49. The van der Waals surface area contributed by atoms with Crippen LogP contribution in [0.2, 0.25) is 0 Å². The van der Waals surface area contributed by atoms with E-state index in [2.05, 4.69) is 5.32 Å². The molecule has 2 aliphatic heterocycles. The van der Waals surface area contributed by atoms with Crippen LogP contribution >= 0.6 is 0 Å². The summed E-state index contributed by atoms with van der Waals surface area (Å²) in [5.41, 5.74) is -0.601. The van der Waals surface area contributed by atoms with Gasteiger partial charge in [0.25, 0.3) is 5.69 Å². The van der Waals surface area contributed by atoms with Gasteiger partial charge in [-0.3, -0.25) is 15.0 Å². The van der Waals surface area contributed by atoms with Crippen molar-refractivity contribution in [2.75, 3.05) is 4.90 Å². The van der Waals surface area contributed by atoms with Crippen LogP contribution < -0.4 is 15.0 Å². The van der Waals surface area contributed by atoms with Crippen molar-refractivity contribution < 1.29 is 23.2 Å². The number of nitro benzene ring substituents is 1. The molecule has 4 rings (SSSR count). The third-order valence-electron chi connectivity index (χ3n) is 4.63. The Labute approximate surface area is 146 Å². The number of amides is 2. The van der Waals surface area contributed by atoms with E-state index in [1.807, 2.05) is 0 Å². The third-order valence-corrected chi connectivity index (χ3v) is 4.63. The van der Waals surface area contributed by atoms with Crippen molar-refractivity contribution in [3.63, 3.8) is 0 Å². The van der Waals surface area contributed by atoms with Crippen molar-refractivity contribution in [2.24, 2.45) is 0 Å². The van der Waals surface area contributed by atoms with E-state index in [0.717, 1.165) is 12.1 Å². The van der Waals surface area contributed by atoms with Crippen molar-refractivity contribution in [3.8, 4) is 5.75 Å². The first-order chi connectivity index (χ1) is 12.3. The Morgan fingerprint density at radius 1 is 1.27 bits per heavy atom. The van der Waals surface area contributed by atoms with Crippen LogP contribution in [0.15, 0.2) is 36.4 Å². The van der Waals surface area contributed by atoms with Gasteiger partial charge in [-0.15, -0.1) is 0 Å². The number of carbonyl (C=O) groups excluding carboxylic acids is 1. The minimum Gasteiger partial charge on any atom is -0.467 e. The molecule has 134 valence electrons. The van der Waals surface area contributed by atoms with Gasteiger partial charge in [-0.05, 0) is 25.1 Å². The molecule has 0 saturated carbocycles. The molecule has 0 aliphatic carbocycles. The van der Waals surface area contributed by atoms with Crippen molar-refractivity contribution >= 4 is 17.4 Å². The summed E-state index contributed by atoms with van der Waals surface area (Å²) in [6.45, 7) is 1.66. The van der Waals surface area contributed by atoms with E-state index in [9.17, 15) is 23.7 Å². The number of anilines is 1. The molecule has 2 heterocycles. The van der Waals surface area contributed by atoms with Gasteiger partial charge in [-0.2, -0.15) is 0 Å². The zero-order valence-electron chi connectivity index (χ0n) is 13.5. The number of urea groups is 1. The van der Waals surface area contributed by atoms with E-state index in [4.69, 9.17) is 4.74 Å². The van der Waals surface area contributed by atoms with Gasteiger partial charge in [0.2, 0.25) is 0 Å². The van der Waals surface area contributed by atoms with E-state index in [1.54, 1.807) is 6.92 Å². The average Bonchev–Trinajstić information content (AvgIpc) is 2.57. The second kappa shape index (κ2) is 5.38. The lowest BCUT2D eigenvalue weighted by molar-refractivity contribution is -0.385. The van der Waals surface area contributed by atoms with Crippen LogP contribution in [0.3, 0.4) is 0 Å². The Bertz CT molecular complexity index is 952. The van der Waals surface area contributed by atoms with Crippen LogP contribution in [-0.2, 0) is 0 Å². The molecule has 0 radical (unpaired) electrons. The maximum absolute atomic E-state index is 13.6. The van der Waals surface area contributed by atoms with Crippen molar-refractivity contribution in [1.82, 2.24) is 5.32 Å². The minimum absolute atomic E-state index is 0.103. The van der Waals surface area contributed by atoms with Crippen LogP contribution in [0.5, 0.6) is 5.75 Å². The SMILES string of the molecule is CC12CC(NC(=O)N1c1ccc(F)c(F)c1)c1cc([N+](=O)[O-])ccc1O2. The van der Waals surface area contributed by atoms with E-state index in [-0.39, 0.29) is 17.8 Å². The second-order valence-corrected chi connectivity index (χ2v) is 6.40. The summed E-state index contributed by atoms with van der Waals surface area (Å²) in [5.74, 6) is -1.70. The molecule has 9 heteroatoms. The standard InChI is InChI=1S/C17H13F2N3O4/c1-17-8-14(11-6-10(22(24)25)3-5-15(11)26-17)20-16(23)21(17)9-2-4-12(18)13(19)7-9/h2-7,14H,8H2,1H3,(H,20,23). The zero-order valence-corrected chi connectivity index (χ0v) is 13.5. The summed E-state index contributed by atoms with van der Waals surface area (Å²) >= 11 is 0. The van der Waals surface area contributed by atoms with Crippen LogP contribution in [0.25, 0.3) is 0 Å². The lowest BCUT2D eigenvalue weighted by Gasteiger charge is -2.50. The molecule has 1 fully saturated rings. The molecule has 2 unspecified atom stereocenters. The summed E-state index contributed by atoms with van der Waals surface area (Å²) in [4.78, 5) is 24.3. The molecule has 26 heavy (non-hydrogen) atoms. The number of fused-ring (bicyclic) bond motifs is 4. The highest BCUT2D eigenvalue weighted by Crippen LogP contribution is 2.46. The number of nitro groups is 1. The monoisotopic (exact) mass is 361 g/mol. The molecular formula is C17H13F2N3O4. The number of ether oxygens (including phenoxy) is 1. The number of benzene rings is 2. The number of nitrogens with zero attached hydrogens (tertiary/aromatic N) is 2. The van der Waals surface area contributed by atoms with Gasteiger partial charge in [0.05, 0.1) is 16.7 Å². The Hall–Kier alpha value is -3.23. The van der Waals surface area contributed by atoms with Crippen molar-refractivity contribution in [2.45, 2.75) is 25.1 Å². The van der Waals surface area contributed by atoms with Crippen LogP contribution in [0.1, 0.15) is 24.9 Å². The topological polar surface area (TPSA) is 84.7 Å². The maximum Gasteiger partial charge on any atom is 0.325 e. The fraction of sp³-hybridized carbons (Fsp3) is 0.235. The van der Waals surface area contributed by atoms with Gasteiger partial charge in [0.1, 0.15) is 5.75 Å². The van der Waals surface area contributed by atoms with Crippen LogP contribution in [0.4, 0.5) is 25.0 Å². The van der Waals surface area contributed by atoms with Crippen LogP contribution in [-0.4, -0.2) is 16.7 Å². The van der Waals surface area contributed by atoms with Gasteiger partial charge in [-0.25, -0.2) is 13.6 Å². The average molecular weight is 361 g/mol. The highest BCUT2D eigenvalue weighted by molar-refractivity contribution is 5.94. The lowest BCUT2D eigenvalue weighted by Crippen LogP contribution is -2.65. The van der Waals surface area contributed by atoms with E-state index >= 15 is 0 Å². The molecule has 0 spiro atoms. The Morgan fingerprint density at radius 3 is 2.73 bits per heavy atom. The first kappa shape index (κ1) is 16.2. The number of hydrogen-bond donors (Lipinski definition) is 1. The fourth-order valence-electron chi connectivity index (χ4n) is 3.49. The molecule has 0 aromatic heterocycles. The van der Waals surface area contributed by atoms with Crippen LogP contribution in [0, 0.1) is 21.7 Å². The van der Waals surface area contributed by atoms with Crippen molar-refractivity contribution in [3.05, 3.63) is 63.7 Å². The number of carbonyl (C=O) groups is 1. The summed E-state index contributed by atoms with van der Waals surface area (Å²) in [7, 11) is 0. The van der Waals surface area contributed by atoms with E-state index < -0.39 is 34.4 Å². The second-order valence-electron chi connectivity index (χ2n) is 6.40. The van der Waals surface area contributed by atoms with Gasteiger partial charge < -0.3 is 10.1 Å². The first-order valence-corrected chi connectivity index (χ1v) is 7.82. The number of hydrogen-bond acceptors (Lipinski definition) is 4. The molecule has 2 aromatic rings. The Balaban J connectivity index is 1.78. The normalized spacial score (nSPS) is 23.7. The first-order valence-electron chi connectivity index (χ1n) is 7.82. The molecule has 2 aromatic carbocycles. The highest BCUT2D eigenvalue weighted by atomic mass is 19.2. The molecule has 2 bridgehead atoms. The quantitative estimate of drug-likeness (QED) is 0.654. The molecule has 2 amide bonds. The number of nitrogens with one attached hydrogen (secondary N) is 1. The predicted octanol–water partition coefficient (Wildman–Crippen LogP) is 3.64. The smallest absolute Gasteiger partial charge is 0.325 e. The number of halogens is 2. The molecule has 2 aliphatic rings. The Kier molecular flexibility index (Phi) is 3.36. The molecule has 2 atom stereocenters. The van der Waals surface area contributed by atoms with E-state index in [0.29, 0.717) is 11.3 Å². The number of non-ortho nitro benzene ring substituents is 1. The number of rotatable bonds is 2. The molecule has 1 N–H and O–H groups in total. The summed E-state index contributed by atoms with van der Waals surface area (Å²) < 4.78 is 32.8. The van der Waals surface area contributed by atoms with Crippen molar-refractivity contribution in [1.29, 1.82) is 0 Å². The molecule has 1 saturated heterocycles. The largest absolute Gasteiger partial charge is 0.467 e.